The van der Waals surface area contributed by atoms with Gasteiger partial charge in [-0.15, -0.1) is 0 Å². The fourth-order valence-corrected chi connectivity index (χ4v) is 3.40. The van der Waals surface area contributed by atoms with Crippen LogP contribution < -0.4 is 15.6 Å². The second-order valence-electron chi connectivity index (χ2n) is 5.80. The van der Waals surface area contributed by atoms with E-state index in [0.717, 1.165) is 17.4 Å². The maximum absolute atomic E-state index is 12.6. The Kier molecular flexibility index (Phi) is 6.24. The van der Waals surface area contributed by atoms with Crippen LogP contribution in [0.25, 0.3) is 0 Å². The van der Waals surface area contributed by atoms with E-state index in [1.54, 1.807) is 19.2 Å². The molecule has 0 aliphatic heterocycles. The predicted octanol–water partition coefficient (Wildman–Crippen LogP) is 4.58. The quantitative estimate of drug-likeness (QED) is 0.610. The average molecular weight is 439 g/mol. The average Bonchev–Trinajstić information content (AvgIpc) is 2.64. The molecule has 0 saturated carbocycles. The molecule has 0 aliphatic rings. The molecule has 1 aromatic heterocycles. The summed E-state index contributed by atoms with van der Waals surface area (Å²) in [5, 5.41) is 3.25. The molecule has 2 aromatic carbocycles. The zero-order valence-electron chi connectivity index (χ0n) is 14.6. The van der Waals surface area contributed by atoms with Gasteiger partial charge >= 0.3 is 0 Å². The SMILES string of the molecule is COc1ccc(Cc2nc(C(=O)Nc3c(Cl)cc(Cl)cc3Cl)cc(=O)[nH]2)cc1. The summed E-state index contributed by atoms with van der Waals surface area (Å²) in [6.07, 6.45) is 0.336. The number of hydrogen-bond acceptors (Lipinski definition) is 4. The molecule has 0 fully saturated rings. The minimum Gasteiger partial charge on any atom is -0.497 e. The summed E-state index contributed by atoms with van der Waals surface area (Å²) < 4.78 is 5.12. The molecule has 0 bridgehead atoms. The Bertz CT molecular complexity index is 1060. The number of anilines is 1. The number of amides is 1. The van der Waals surface area contributed by atoms with E-state index in [1.165, 1.54) is 12.1 Å². The van der Waals surface area contributed by atoms with Crippen molar-refractivity contribution >= 4 is 46.4 Å². The van der Waals surface area contributed by atoms with Gasteiger partial charge in [-0.2, -0.15) is 0 Å². The van der Waals surface area contributed by atoms with Gasteiger partial charge < -0.3 is 15.0 Å². The smallest absolute Gasteiger partial charge is 0.274 e. The lowest BCUT2D eigenvalue weighted by Crippen LogP contribution is -2.20. The summed E-state index contributed by atoms with van der Waals surface area (Å²) in [6, 6.07) is 11.3. The van der Waals surface area contributed by atoms with Gasteiger partial charge in [-0.05, 0) is 29.8 Å². The van der Waals surface area contributed by atoms with Crippen molar-refractivity contribution in [1.29, 1.82) is 0 Å². The van der Waals surface area contributed by atoms with Crippen LogP contribution >= 0.6 is 34.8 Å². The fraction of sp³-hybridized carbons (Fsp3) is 0.105. The van der Waals surface area contributed by atoms with Crippen LogP contribution in [0, 0.1) is 0 Å². The van der Waals surface area contributed by atoms with E-state index in [9.17, 15) is 9.59 Å². The maximum atomic E-state index is 12.6. The number of nitrogens with zero attached hydrogens (tertiary/aromatic N) is 1. The van der Waals surface area contributed by atoms with Crippen LogP contribution in [0.5, 0.6) is 5.75 Å². The summed E-state index contributed by atoms with van der Waals surface area (Å²) in [6.45, 7) is 0. The highest BCUT2D eigenvalue weighted by Crippen LogP contribution is 2.33. The Morgan fingerprint density at radius 2 is 1.75 bits per heavy atom. The number of halogens is 3. The highest BCUT2D eigenvalue weighted by atomic mass is 35.5. The molecule has 3 aromatic rings. The van der Waals surface area contributed by atoms with Gasteiger partial charge in [-0.25, -0.2) is 4.98 Å². The first kappa shape index (κ1) is 20.2. The van der Waals surface area contributed by atoms with Gasteiger partial charge in [0.15, 0.2) is 0 Å². The molecule has 0 atom stereocenters. The van der Waals surface area contributed by atoms with Gasteiger partial charge in [0, 0.05) is 17.5 Å². The van der Waals surface area contributed by atoms with E-state index < -0.39 is 11.5 Å². The molecule has 9 heteroatoms. The summed E-state index contributed by atoms with van der Waals surface area (Å²) in [5.74, 6) is 0.444. The normalized spacial score (nSPS) is 10.6. The van der Waals surface area contributed by atoms with Crippen molar-refractivity contribution in [2.75, 3.05) is 12.4 Å². The van der Waals surface area contributed by atoms with Crippen molar-refractivity contribution in [3.63, 3.8) is 0 Å². The predicted molar refractivity (Wildman–Crippen MR) is 110 cm³/mol. The first-order valence-corrected chi connectivity index (χ1v) is 9.18. The van der Waals surface area contributed by atoms with Crippen molar-refractivity contribution in [1.82, 2.24) is 9.97 Å². The third kappa shape index (κ3) is 4.84. The number of aromatic nitrogens is 2. The molecule has 3 rings (SSSR count). The van der Waals surface area contributed by atoms with Crippen LogP contribution in [0.3, 0.4) is 0 Å². The second-order valence-corrected chi connectivity index (χ2v) is 7.05. The van der Waals surface area contributed by atoms with Crippen LogP contribution in [-0.4, -0.2) is 23.0 Å². The molecule has 2 N–H and O–H groups in total. The second kappa shape index (κ2) is 8.65. The van der Waals surface area contributed by atoms with Gasteiger partial charge in [0.25, 0.3) is 11.5 Å². The Labute approximate surface area is 175 Å². The first-order valence-electron chi connectivity index (χ1n) is 8.05. The van der Waals surface area contributed by atoms with Gasteiger partial charge in [-0.3, -0.25) is 9.59 Å². The van der Waals surface area contributed by atoms with Crippen LogP contribution in [0.2, 0.25) is 15.1 Å². The van der Waals surface area contributed by atoms with E-state index in [2.05, 4.69) is 15.3 Å². The molecule has 0 unspecified atom stereocenters. The van der Waals surface area contributed by atoms with Gasteiger partial charge in [-0.1, -0.05) is 46.9 Å². The fourth-order valence-electron chi connectivity index (χ4n) is 2.48. The molecule has 6 nitrogen and oxygen atoms in total. The third-order valence-corrected chi connectivity index (χ3v) is 4.61. The van der Waals surface area contributed by atoms with E-state index >= 15 is 0 Å². The van der Waals surface area contributed by atoms with Crippen molar-refractivity contribution in [2.24, 2.45) is 0 Å². The molecule has 28 heavy (non-hydrogen) atoms. The Morgan fingerprint density at radius 3 is 2.36 bits per heavy atom. The molecule has 0 spiro atoms. The number of carbonyl (C=O) groups is 1. The highest BCUT2D eigenvalue weighted by molar-refractivity contribution is 6.42. The summed E-state index contributed by atoms with van der Waals surface area (Å²) in [5.41, 5.74) is 0.577. The number of aromatic amines is 1. The molecular formula is C19H14Cl3N3O3. The number of ether oxygens (including phenoxy) is 1. The maximum Gasteiger partial charge on any atom is 0.274 e. The lowest BCUT2D eigenvalue weighted by molar-refractivity contribution is 0.102. The van der Waals surface area contributed by atoms with Crippen molar-refractivity contribution < 1.29 is 9.53 Å². The summed E-state index contributed by atoms with van der Waals surface area (Å²) >= 11 is 18.0. The summed E-state index contributed by atoms with van der Waals surface area (Å²) in [7, 11) is 1.58. The van der Waals surface area contributed by atoms with Crippen molar-refractivity contribution in [3.05, 3.63) is 85.0 Å². The molecular weight excluding hydrogens is 425 g/mol. The number of rotatable bonds is 5. The Morgan fingerprint density at radius 1 is 1.11 bits per heavy atom. The van der Waals surface area contributed by atoms with Gasteiger partial charge in [0.1, 0.15) is 17.3 Å². The van der Waals surface area contributed by atoms with E-state index in [-0.39, 0.29) is 21.4 Å². The van der Waals surface area contributed by atoms with Crippen LogP contribution in [-0.2, 0) is 6.42 Å². The number of methoxy groups -OCH3 is 1. The third-order valence-electron chi connectivity index (χ3n) is 3.80. The van der Waals surface area contributed by atoms with Gasteiger partial charge in [0.2, 0.25) is 0 Å². The van der Waals surface area contributed by atoms with Crippen LogP contribution in [0.1, 0.15) is 21.9 Å². The molecule has 0 aliphatic carbocycles. The zero-order chi connectivity index (χ0) is 20.3. The minimum absolute atomic E-state index is 0.0608. The van der Waals surface area contributed by atoms with E-state index in [4.69, 9.17) is 39.5 Å². The summed E-state index contributed by atoms with van der Waals surface area (Å²) in [4.78, 5) is 31.4. The number of hydrogen-bond donors (Lipinski definition) is 2. The lowest BCUT2D eigenvalue weighted by Gasteiger charge is -2.10. The largest absolute Gasteiger partial charge is 0.497 e. The zero-order valence-corrected chi connectivity index (χ0v) is 16.8. The van der Waals surface area contributed by atoms with E-state index in [0.29, 0.717) is 17.3 Å². The molecule has 1 amide bonds. The number of H-pyrrole nitrogens is 1. The lowest BCUT2D eigenvalue weighted by atomic mass is 10.1. The molecule has 1 heterocycles. The van der Waals surface area contributed by atoms with Gasteiger partial charge in [0.05, 0.1) is 22.8 Å². The van der Waals surface area contributed by atoms with E-state index in [1.807, 2.05) is 12.1 Å². The topological polar surface area (TPSA) is 84.1 Å². The Balaban J connectivity index is 1.84. The standard InChI is InChI=1S/C19H14Cl3N3O3/c1-28-12-4-2-10(3-5-12)6-16-23-15(9-17(26)24-16)19(27)25-18-13(21)7-11(20)8-14(18)22/h2-5,7-9H,6H2,1H3,(H,25,27)(H,23,24,26). The van der Waals surface area contributed by atoms with Crippen molar-refractivity contribution in [2.45, 2.75) is 6.42 Å². The molecule has 0 radical (unpaired) electrons. The van der Waals surface area contributed by atoms with Crippen LogP contribution in [0.4, 0.5) is 5.69 Å². The number of benzene rings is 2. The monoisotopic (exact) mass is 437 g/mol. The number of carbonyl (C=O) groups excluding carboxylic acids is 1. The first-order chi connectivity index (χ1) is 13.4. The number of nitrogens with one attached hydrogen (secondary N) is 2. The minimum atomic E-state index is -0.617. The molecule has 144 valence electrons. The van der Waals surface area contributed by atoms with Crippen molar-refractivity contribution in [3.8, 4) is 5.75 Å². The van der Waals surface area contributed by atoms with Crippen LogP contribution in [0.15, 0.2) is 47.3 Å². The Hall–Kier alpha value is -2.54. The highest BCUT2D eigenvalue weighted by Gasteiger charge is 2.15. The molecule has 0 saturated heterocycles.